The van der Waals surface area contributed by atoms with Crippen LogP contribution in [0.1, 0.15) is 12.8 Å². The Morgan fingerprint density at radius 2 is 1.93 bits per heavy atom. The van der Waals surface area contributed by atoms with Crippen molar-refractivity contribution in [1.29, 1.82) is 5.26 Å². The molecule has 0 radical (unpaired) electrons. The van der Waals surface area contributed by atoms with E-state index in [0.29, 0.717) is 12.8 Å². The van der Waals surface area contributed by atoms with Crippen LogP contribution in [0, 0.1) is 23.7 Å². The summed E-state index contributed by atoms with van der Waals surface area (Å²) in [5.41, 5.74) is 0. The molecular formula is C11H17N3. The minimum atomic E-state index is 0.263. The molecule has 1 rings (SSSR count). The summed E-state index contributed by atoms with van der Waals surface area (Å²) in [6.45, 7) is 4.22. The third kappa shape index (κ3) is 3.03. The molecule has 0 N–H and O–H groups in total. The molecule has 0 saturated carbocycles. The summed E-state index contributed by atoms with van der Waals surface area (Å²) >= 11 is 0. The molecule has 14 heavy (non-hydrogen) atoms. The molecule has 1 unspecified atom stereocenters. The Bertz CT molecular complexity index is 224. The van der Waals surface area contributed by atoms with E-state index in [1.807, 2.05) is 0 Å². The van der Waals surface area contributed by atoms with Gasteiger partial charge in [-0.2, -0.15) is 5.26 Å². The van der Waals surface area contributed by atoms with Crippen LogP contribution in [0.15, 0.2) is 0 Å². The van der Waals surface area contributed by atoms with Crippen LogP contribution < -0.4 is 0 Å². The molecule has 0 aromatic heterocycles. The van der Waals surface area contributed by atoms with E-state index < -0.39 is 0 Å². The van der Waals surface area contributed by atoms with Gasteiger partial charge in [-0.25, -0.2) is 0 Å². The van der Waals surface area contributed by atoms with Crippen molar-refractivity contribution >= 4 is 0 Å². The average molecular weight is 191 g/mol. The van der Waals surface area contributed by atoms with E-state index in [4.69, 9.17) is 11.7 Å². The fourth-order valence-electron chi connectivity index (χ4n) is 1.76. The number of nitrogens with zero attached hydrogens (tertiary/aromatic N) is 3. The van der Waals surface area contributed by atoms with Crippen molar-refractivity contribution in [2.24, 2.45) is 0 Å². The number of terminal acetylenes is 1. The zero-order chi connectivity index (χ0) is 10.4. The van der Waals surface area contributed by atoms with E-state index in [1.54, 1.807) is 0 Å². The lowest BCUT2D eigenvalue weighted by Gasteiger charge is -2.36. The van der Waals surface area contributed by atoms with Gasteiger partial charge in [0.05, 0.1) is 12.5 Å². The van der Waals surface area contributed by atoms with Crippen molar-refractivity contribution in [3.8, 4) is 18.4 Å². The summed E-state index contributed by atoms with van der Waals surface area (Å²) in [7, 11) is 2.12. The first-order valence-corrected chi connectivity index (χ1v) is 5.01. The van der Waals surface area contributed by atoms with Crippen LogP contribution in [0.3, 0.4) is 0 Å². The summed E-state index contributed by atoms with van der Waals surface area (Å²) in [5.74, 6) is 2.65. The van der Waals surface area contributed by atoms with Crippen molar-refractivity contribution < 1.29 is 0 Å². The zero-order valence-electron chi connectivity index (χ0n) is 8.74. The number of nitriles is 1. The van der Waals surface area contributed by atoms with Crippen LogP contribution in [-0.4, -0.2) is 49.1 Å². The van der Waals surface area contributed by atoms with Crippen molar-refractivity contribution in [2.45, 2.75) is 18.9 Å². The van der Waals surface area contributed by atoms with E-state index in [1.165, 1.54) is 0 Å². The number of rotatable bonds is 3. The molecule has 1 saturated heterocycles. The lowest BCUT2D eigenvalue weighted by Crippen LogP contribution is -2.48. The molecule has 0 spiro atoms. The van der Waals surface area contributed by atoms with Crippen LogP contribution in [0.2, 0.25) is 0 Å². The molecule has 76 valence electrons. The van der Waals surface area contributed by atoms with Gasteiger partial charge in [0.1, 0.15) is 0 Å². The summed E-state index contributed by atoms with van der Waals surface area (Å²) in [5, 5.41) is 8.69. The van der Waals surface area contributed by atoms with Gasteiger partial charge in [-0.05, 0) is 7.05 Å². The predicted molar refractivity (Wildman–Crippen MR) is 56.5 cm³/mol. The smallest absolute Gasteiger partial charge is 0.0638 e. The maximum absolute atomic E-state index is 8.69. The normalized spacial score (nSPS) is 21.1. The third-order valence-corrected chi connectivity index (χ3v) is 2.73. The van der Waals surface area contributed by atoms with Gasteiger partial charge < -0.3 is 4.90 Å². The Kier molecular flexibility index (Phi) is 4.46. The summed E-state index contributed by atoms with van der Waals surface area (Å²) in [6, 6.07) is 2.47. The van der Waals surface area contributed by atoms with Crippen LogP contribution in [0.25, 0.3) is 0 Å². The highest BCUT2D eigenvalue weighted by atomic mass is 15.3. The van der Waals surface area contributed by atoms with Gasteiger partial charge in [-0.1, -0.05) is 0 Å². The van der Waals surface area contributed by atoms with E-state index in [9.17, 15) is 0 Å². The maximum atomic E-state index is 8.69. The Morgan fingerprint density at radius 1 is 1.29 bits per heavy atom. The fraction of sp³-hybridized carbons (Fsp3) is 0.727. The average Bonchev–Trinajstić information content (AvgIpc) is 2.19. The highest BCUT2D eigenvalue weighted by Gasteiger charge is 2.21. The molecular weight excluding hydrogens is 174 g/mol. The van der Waals surface area contributed by atoms with Gasteiger partial charge in [-0.15, -0.1) is 12.3 Å². The van der Waals surface area contributed by atoms with E-state index in [0.717, 1.165) is 26.2 Å². The number of likely N-dealkylation sites (N-methyl/N-ethyl adjacent to an activating group) is 1. The molecule has 1 atom stereocenters. The molecule has 0 aliphatic carbocycles. The third-order valence-electron chi connectivity index (χ3n) is 2.73. The van der Waals surface area contributed by atoms with Crippen LogP contribution in [0.4, 0.5) is 0 Å². The standard InChI is InChI=1S/C11H17N3/c1-3-4-11(5-6-12)14-9-7-13(2)8-10-14/h1,11H,4-5,7-10H2,2H3. The van der Waals surface area contributed by atoms with E-state index >= 15 is 0 Å². The van der Waals surface area contributed by atoms with E-state index in [-0.39, 0.29) is 6.04 Å². The predicted octanol–water partition coefficient (Wildman–Crippen LogP) is 0.539. The molecule has 1 aliphatic rings. The first-order chi connectivity index (χ1) is 6.77. The molecule has 3 heteroatoms. The maximum Gasteiger partial charge on any atom is 0.0638 e. The van der Waals surface area contributed by atoms with Gasteiger partial charge >= 0.3 is 0 Å². The van der Waals surface area contributed by atoms with Crippen LogP contribution in [-0.2, 0) is 0 Å². The second kappa shape index (κ2) is 5.65. The topological polar surface area (TPSA) is 30.3 Å². The summed E-state index contributed by atoms with van der Waals surface area (Å²) < 4.78 is 0. The van der Waals surface area contributed by atoms with Crippen molar-refractivity contribution in [1.82, 2.24) is 9.80 Å². The highest BCUT2D eigenvalue weighted by molar-refractivity contribution is 4.95. The molecule has 0 amide bonds. The first-order valence-electron chi connectivity index (χ1n) is 5.01. The molecule has 0 aromatic carbocycles. The van der Waals surface area contributed by atoms with E-state index in [2.05, 4.69) is 28.8 Å². The first kappa shape index (κ1) is 11.0. The number of hydrogen-bond donors (Lipinski definition) is 0. The number of piperazine rings is 1. The Labute approximate surface area is 86.3 Å². The van der Waals surface area contributed by atoms with Gasteiger partial charge in [0.15, 0.2) is 0 Å². The lowest BCUT2D eigenvalue weighted by atomic mass is 10.1. The molecule has 1 aliphatic heterocycles. The zero-order valence-corrected chi connectivity index (χ0v) is 8.74. The SMILES string of the molecule is C#CCC(CC#N)N1CCN(C)CC1. The monoisotopic (exact) mass is 191 g/mol. The van der Waals surface area contributed by atoms with Gasteiger partial charge in [-0.3, -0.25) is 4.90 Å². The quantitative estimate of drug-likeness (QED) is 0.610. The lowest BCUT2D eigenvalue weighted by molar-refractivity contribution is 0.114. The van der Waals surface area contributed by atoms with Crippen molar-refractivity contribution in [2.75, 3.05) is 33.2 Å². The Morgan fingerprint density at radius 3 is 2.43 bits per heavy atom. The molecule has 1 heterocycles. The van der Waals surface area contributed by atoms with Gasteiger partial charge in [0.25, 0.3) is 0 Å². The largest absolute Gasteiger partial charge is 0.304 e. The van der Waals surface area contributed by atoms with Gasteiger partial charge in [0, 0.05) is 38.6 Å². The minimum Gasteiger partial charge on any atom is -0.304 e. The van der Waals surface area contributed by atoms with Gasteiger partial charge in [0.2, 0.25) is 0 Å². The molecule has 3 nitrogen and oxygen atoms in total. The Hall–Kier alpha value is -1.03. The van der Waals surface area contributed by atoms with Crippen molar-refractivity contribution in [3.05, 3.63) is 0 Å². The summed E-state index contributed by atoms with van der Waals surface area (Å²) in [6.07, 6.45) is 6.54. The van der Waals surface area contributed by atoms with Crippen LogP contribution in [0.5, 0.6) is 0 Å². The second-order valence-corrected chi connectivity index (χ2v) is 3.76. The minimum absolute atomic E-state index is 0.263. The Balaban J connectivity index is 2.44. The second-order valence-electron chi connectivity index (χ2n) is 3.76. The molecule has 0 aromatic rings. The van der Waals surface area contributed by atoms with Crippen molar-refractivity contribution in [3.63, 3.8) is 0 Å². The summed E-state index contributed by atoms with van der Waals surface area (Å²) in [4.78, 5) is 4.64. The highest BCUT2D eigenvalue weighted by Crippen LogP contribution is 2.10. The fourth-order valence-corrected chi connectivity index (χ4v) is 1.76. The molecule has 1 fully saturated rings. The van der Waals surface area contributed by atoms with Crippen LogP contribution >= 0.6 is 0 Å². The number of hydrogen-bond acceptors (Lipinski definition) is 3. The molecule has 0 bridgehead atoms.